The fourth-order valence-corrected chi connectivity index (χ4v) is 2.49. The number of anilines is 2. The van der Waals surface area contributed by atoms with Gasteiger partial charge in [-0.05, 0) is 24.6 Å². The zero-order chi connectivity index (χ0) is 15.2. The van der Waals surface area contributed by atoms with E-state index >= 15 is 0 Å². The lowest BCUT2D eigenvalue weighted by atomic mass is 10.2. The molecule has 0 spiro atoms. The highest BCUT2D eigenvalue weighted by Crippen LogP contribution is 2.18. The van der Waals surface area contributed by atoms with Crippen LogP contribution in [0.2, 0.25) is 5.02 Å². The molecule has 0 aliphatic rings. The van der Waals surface area contributed by atoms with Gasteiger partial charge in [-0.1, -0.05) is 17.7 Å². The summed E-state index contributed by atoms with van der Waals surface area (Å²) in [6.45, 7) is 0. The number of hydrogen-bond donors (Lipinski definition) is 3. The summed E-state index contributed by atoms with van der Waals surface area (Å²) < 4.78 is 0. The fourth-order valence-electron chi connectivity index (χ4n) is 1.56. The lowest BCUT2D eigenvalue weighted by molar-refractivity contribution is -0.118. The van der Waals surface area contributed by atoms with Crippen LogP contribution in [0.25, 0.3) is 0 Å². The average molecular weight is 325 g/mol. The van der Waals surface area contributed by atoms with E-state index in [1.807, 2.05) is 0 Å². The van der Waals surface area contributed by atoms with Crippen molar-refractivity contribution in [2.75, 3.05) is 10.6 Å². The van der Waals surface area contributed by atoms with Crippen LogP contribution in [-0.2, 0) is 11.2 Å². The Bertz CT molecular complexity index is 659. The SMILES string of the molecule is NC(=O)CCc1csc(NC(=O)Nc2cccc(Cl)c2)n1. The van der Waals surface area contributed by atoms with Gasteiger partial charge < -0.3 is 11.1 Å². The third-order valence-electron chi connectivity index (χ3n) is 2.48. The number of aromatic nitrogens is 1. The smallest absolute Gasteiger partial charge is 0.325 e. The predicted octanol–water partition coefficient (Wildman–Crippen LogP) is 2.86. The predicted molar refractivity (Wildman–Crippen MR) is 83.7 cm³/mol. The van der Waals surface area contributed by atoms with Gasteiger partial charge in [0.2, 0.25) is 5.91 Å². The molecule has 0 atom stereocenters. The summed E-state index contributed by atoms with van der Waals surface area (Å²) in [6, 6.07) is 6.42. The normalized spacial score (nSPS) is 10.1. The van der Waals surface area contributed by atoms with Gasteiger partial charge >= 0.3 is 6.03 Å². The van der Waals surface area contributed by atoms with Crippen LogP contribution >= 0.6 is 22.9 Å². The summed E-state index contributed by atoms with van der Waals surface area (Å²) in [5, 5.41) is 8.03. The number of halogens is 1. The van der Waals surface area contributed by atoms with Crippen LogP contribution in [-0.4, -0.2) is 16.9 Å². The number of hydrogen-bond acceptors (Lipinski definition) is 4. The number of amides is 3. The van der Waals surface area contributed by atoms with Crippen LogP contribution in [0.15, 0.2) is 29.6 Å². The number of carbonyl (C=O) groups is 2. The molecule has 1 heterocycles. The van der Waals surface area contributed by atoms with Crippen LogP contribution in [0.1, 0.15) is 12.1 Å². The number of benzene rings is 1. The molecule has 6 nitrogen and oxygen atoms in total. The van der Waals surface area contributed by atoms with E-state index in [2.05, 4.69) is 15.6 Å². The molecule has 0 aliphatic heterocycles. The molecule has 0 fully saturated rings. The third kappa shape index (κ3) is 5.05. The highest BCUT2D eigenvalue weighted by Gasteiger charge is 2.08. The van der Waals surface area contributed by atoms with Crippen LogP contribution < -0.4 is 16.4 Å². The number of carbonyl (C=O) groups excluding carboxylic acids is 2. The molecule has 4 N–H and O–H groups in total. The van der Waals surface area contributed by atoms with Gasteiger partial charge in [-0.2, -0.15) is 0 Å². The molecule has 2 aromatic rings. The first-order valence-electron chi connectivity index (χ1n) is 6.09. The molecule has 1 aromatic heterocycles. The van der Waals surface area contributed by atoms with E-state index in [-0.39, 0.29) is 12.3 Å². The van der Waals surface area contributed by atoms with Gasteiger partial charge in [-0.25, -0.2) is 9.78 Å². The summed E-state index contributed by atoms with van der Waals surface area (Å²) in [6.07, 6.45) is 0.696. The molecule has 0 unspecified atom stereocenters. The third-order valence-corrected chi connectivity index (χ3v) is 3.52. The second-order valence-corrected chi connectivity index (χ2v) is 5.49. The Hall–Kier alpha value is -2.12. The number of nitrogens with one attached hydrogen (secondary N) is 2. The van der Waals surface area contributed by atoms with Crippen molar-refractivity contribution in [2.24, 2.45) is 5.73 Å². The van der Waals surface area contributed by atoms with E-state index in [9.17, 15) is 9.59 Å². The van der Waals surface area contributed by atoms with Gasteiger partial charge in [0.15, 0.2) is 5.13 Å². The van der Waals surface area contributed by atoms with Crippen molar-refractivity contribution in [3.05, 3.63) is 40.4 Å². The minimum atomic E-state index is -0.409. The maximum Gasteiger partial charge on any atom is 0.325 e. The standard InChI is InChI=1S/C13H13ClN4O2S/c14-8-2-1-3-9(6-8)16-12(20)18-13-17-10(7-21-13)4-5-11(15)19/h1-3,6-7H,4-5H2,(H2,15,19)(H2,16,17,18,20). The molecular formula is C13H13ClN4O2S. The van der Waals surface area contributed by atoms with Crippen molar-refractivity contribution in [1.29, 1.82) is 0 Å². The Labute approximate surface area is 130 Å². The number of rotatable bonds is 5. The second kappa shape index (κ2) is 7.05. The Morgan fingerprint density at radius 2 is 2.14 bits per heavy atom. The van der Waals surface area contributed by atoms with Gasteiger partial charge in [0.1, 0.15) is 0 Å². The zero-order valence-corrected chi connectivity index (χ0v) is 12.5. The van der Waals surface area contributed by atoms with Crippen molar-refractivity contribution < 1.29 is 9.59 Å². The molecule has 21 heavy (non-hydrogen) atoms. The van der Waals surface area contributed by atoms with Gasteiger partial charge in [-0.3, -0.25) is 10.1 Å². The molecule has 8 heteroatoms. The van der Waals surface area contributed by atoms with E-state index < -0.39 is 6.03 Å². The van der Waals surface area contributed by atoms with E-state index in [0.717, 1.165) is 5.69 Å². The molecule has 0 aliphatic carbocycles. The topological polar surface area (TPSA) is 97.1 Å². The first-order valence-corrected chi connectivity index (χ1v) is 7.35. The number of nitrogens with two attached hydrogens (primary N) is 1. The largest absolute Gasteiger partial charge is 0.370 e. The quantitative estimate of drug-likeness (QED) is 0.788. The molecule has 0 saturated heterocycles. The van der Waals surface area contributed by atoms with Gasteiger partial charge in [0.25, 0.3) is 0 Å². The zero-order valence-electron chi connectivity index (χ0n) is 10.9. The lowest BCUT2D eigenvalue weighted by Crippen LogP contribution is -2.19. The summed E-state index contributed by atoms with van der Waals surface area (Å²) in [4.78, 5) is 26.7. The molecule has 0 saturated carbocycles. The molecule has 1 aromatic carbocycles. The Kier molecular flexibility index (Phi) is 5.13. The summed E-state index contributed by atoms with van der Waals surface area (Å²) in [7, 11) is 0. The Morgan fingerprint density at radius 3 is 2.86 bits per heavy atom. The molecule has 2 rings (SSSR count). The average Bonchev–Trinajstić information content (AvgIpc) is 2.83. The van der Waals surface area contributed by atoms with Crippen LogP contribution in [0, 0.1) is 0 Å². The van der Waals surface area contributed by atoms with Crippen LogP contribution in [0.5, 0.6) is 0 Å². The number of thiazole rings is 1. The monoisotopic (exact) mass is 324 g/mol. The number of primary amides is 1. The highest BCUT2D eigenvalue weighted by atomic mass is 35.5. The van der Waals surface area contributed by atoms with Crippen LogP contribution in [0.4, 0.5) is 15.6 Å². The van der Waals surface area contributed by atoms with Crippen molar-refractivity contribution in [3.63, 3.8) is 0 Å². The fraction of sp³-hybridized carbons (Fsp3) is 0.154. The Balaban J connectivity index is 1.89. The maximum absolute atomic E-state index is 11.8. The summed E-state index contributed by atoms with van der Waals surface area (Å²) >= 11 is 7.11. The minimum Gasteiger partial charge on any atom is -0.370 e. The molecule has 0 radical (unpaired) electrons. The van der Waals surface area contributed by atoms with Gasteiger partial charge in [-0.15, -0.1) is 11.3 Å². The van der Waals surface area contributed by atoms with Crippen molar-refractivity contribution in [1.82, 2.24) is 4.98 Å². The van der Waals surface area contributed by atoms with E-state index in [0.29, 0.717) is 22.3 Å². The molecule has 110 valence electrons. The first-order chi connectivity index (χ1) is 10.0. The number of urea groups is 1. The minimum absolute atomic E-state index is 0.234. The molecule has 0 bridgehead atoms. The van der Waals surface area contributed by atoms with Gasteiger partial charge in [0.05, 0.1) is 5.69 Å². The highest BCUT2D eigenvalue weighted by molar-refractivity contribution is 7.13. The summed E-state index contributed by atoms with van der Waals surface area (Å²) in [5.74, 6) is -0.379. The van der Waals surface area contributed by atoms with E-state index in [1.165, 1.54) is 11.3 Å². The van der Waals surface area contributed by atoms with Crippen molar-refractivity contribution >= 4 is 45.7 Å². The van der Waals surface area contributed by atoms with Crippen molar-refractivity contribution in [3.8, 4) is 0 Å². The van der Waals surface area contributed by atoms with E-state index in [4.69, 9.17) is 17.3 Å². The summed E-state index contributed by atoms with van der Waals surface area (Å²) in [5.41, 5.74) is 6.38. The van der Waals surface area contributed by atoms with E-state index in [1.54, 1.807) is 29.6 Å². The van der Waals surface area contributed by atoms with Crippen LogP contribution in [0.3, 0.4) is 0 Å². The number of aryl methyl sites for hydroxylation is 1. The lowest BCUT2D eigenvalue weighted by Gasteiger charge is -2.05. The first kappa shape index (κ1) is 15.3. The van der Waals surface area contributed by atoms with Crippen molar-refractivity contribution in [2.45, 2.75) is 12.8 Å². The Morgan fingerprint density at radius 1 is 1.33 bits per heavy atom. The van der Waals surface area contributed by atoms with Gasteiger partial charge in [0, 0.05) is 22.5 Å². The number of nitrogens with zero attached hydrogens (tertiary/aromatic N) is 1. The maximum atomic E-state index is 11.8. The molecular weight excluding hydrogens is 312 g/mol. The second-order valence-electron chi connectivity index (χ2n) is 4.20. The molecule has 3 amide bonds.